The molecule has 1 atom stereocenters. The lowest BCUT2D eigenvalue weighted by Gasteiger charge is -2.14. The molecule has 0 saturated carbocycles. The molecule has 1 fully saturated rings. The molecule has 1 N–H and O–H groups in total. The quantitative estimate of drug-likeness (QED) is 0.883. The summed E-state index contributed by atoms with van der Waals surface area (Å²) in [5.74, 6) is -1.57. The maximum absolute atomic E-state index is 14.0. The minimum absolute atomic E-state index is 0.0999. The Bertz CT molecular complexity index is 537. The van der Waals surface area contributed by atoms with E-state index < -0.39 is 26.4 Å². The third-order valence-electron chi connectivity index (χ3n) is 2.87. The maximum Gasteiger partial charge on any atom is 0.178 e. The number of nitrogens with one attached hydrogen (secondary N) is 1. The largest absolute Gasteiger partial charge is 0.310 e. The fourth-order valence-electron chi connectivity index (χ4n) is 2.06. The minimum Gasteiger partial charge on any atom is -0.310 e. The van der Waals surface area contributed by atoms with Gasteiger partial charge in [-0.2, -0.15) is 0 Å². The fourth-order valence-corrected chi connectivity index (χ4v) is 2.83. The Hall–Kier alpha value is -1.01. The second-order valence-electron chi connectivity index (χ2n) is 4.23. The molecule has 3 nitrogen and oxygen atoms in total. The van der Waals surface area contributed by atoms with Crippen molar-refractivity contribution in [2.24, 2.45) is 0 Å². The molecule has 0 amide bonds. The lowest BCUT2D eigenvalue weighted by atomic mass is 10.0. The molecule has 2 rings (SSSR count). The van der Waals surface area contributed by atoms with Crippen molar-refractivity contribution in [3.8, 4) is 0 Å². The van der Waals surface area contributed by atoms with Crippen LogP contribution < -0.4 is 5.32 Å². The number of rotatable bonds is 2. The van der Waals surface area contributed by atoms with Crippen molar-refractivity contribution in [3.05, 3.63) is 29.3 Å². The van der Waals surface area contributed by atoms with Crippen molar-refractivity contribution in [1.29, 1.82) is 0 Å². The van der Waals surface area contributed by atoms with E-state index in [0.29, 0.717) is 6.42 Å². The van der Waals surface area contributed by atoms with E-state index in [1.165, 1.54) is 0 Å². The van der Waals surface area contributed by atoms with E-state index in [1.807, 2.05) is 0 Å². The van der Waals surface area contributed by atoms with Gasteiger partial charge in [0.05, 0.1) is 0 Å². The van der Waals surface area contributed by atoms with E-state index in [9.17, 15) is 17.2 Å². The molecule has 0 aromatic heterocycles. The molecule has 1 aromatic carbocycles. The fraction of sp³-hybridized carbons (Fsp3) is 0.455. The summed E-state index contributed by atoms with van der Waals surface area (Å²) in [7, 11) is -3.75. The summed E-state index contributed by atoms with van der Waals surface area (Å²) in [6, 6.07) is 1.49. The lowest BCUT2D eigenvalue weighted by molar-refractivity contribution is 0.515. The van der Waals surface area contributed by atoms with Crippen LogP contribution in [0.5, 0.6) is 0 Å². The smallest absolute Gasteiger partial charge is 0.178 e. The van der Waals surface area contributed by atoms with Crippen LogP contribution in [0.1, 0.15) is 24.4 Å². The molecule has 17 heavy (non-hydrogen) atoms. The van der Waals surface area contributed by atoms with Crippen LogP contribution in [0.4, 0.5) is 8.78 Å². The Morgan fingerprint density at radius 2 is 2.06 bits per heavy atom. The molecule has 0 bridgehead atoms. The van der Waals surface area contributed by atoms with Crippen LogP contribution in [0.3, 0.4) is 0 Å². The van der Waals surface area contributed by atoms with Crippen LogP contribution in [0.2, 0.25) is 0 Å². The second kappa shape index (κ2) is 4.34. The first-order valence-corrected chi connectivity index (χ1v) is 7.21. The highest BCUT2D eigenvalue weighted by atomic mass is 32.2. The van der Waals surface area contributed by atoms with Gasteiger partial charge >= 0.3 is 0 Å². The van der Waals surface area contributed by atoms with Crippen LogP contribution in [0.25, 0.3) is 0 Å². The van der Waals surface area contributed by atoms with Gasteiger partial charge in [-0.25, -0.2) is 17.2 Å². The van der Waals surface area contributed by atoms with Gasteiger partial charge in [-0.3, -0.25) is 0 Å². The summed E-state index contributed by atoms with van der Waals surface area (Å²) in [4.78, 5) is -0.568. The van der Waals surface area contributed by atoms with Crippen LogP contribution in [-0.2, 0) is 9.84 Å². The standard InChI is InChI=1S/C11H13F2NO2S/c1-17(15,16)10-6-7(12)5-8(11(10)13)9-3-2-4-14-9/h5-6,9,14H,2-4H2,1H3. The highest BCUT2D eigenvalue weighted by Gasteiger charge is 2.25. The Labute approximate surface area is 98.8 Å². The average Bonchev–Trinajstić information content (AvgIpc) is 2.72. The van der Waals surface area contributed by atoms with Gasteiger partial charge in [-0.15, -0.1) is 0 Å². The SMILES string of the molecule is CS(=O)(=O)c1cc(F)cc(C2CCCN2)c1F. The molecule has 6 heteroatoms. The Kier molecular flexibility index (Phi) is 3.18. The molecule has 1 aliphatic rings. The summed E-state index contributed by atoms with van der Waals surface area (Å²) < 4.78 is 50.0. The highest BCUT2D eigenvalue weighted by Crippen LogP contribution is 2.29. The van der Waals surface area contributed by atoms with Crippen molar-refractivity contribution in [3.63, 3.8) is 0 Å². The minimum atomic E-state index is -3.75. The Morgan fingerprint density at radius 3 is 2.59 bits per heavy atom. The summed E-state index contributed by atoms with van der Waals surface area (Å²) in [6.45, 7) is 0.731. The lowest BCUT2D eigenvalue weighted by Crippen LogP contribution is -2.16. The topological polar surface area (TPSA) is 46.2 Å². The van der Waals surface area contributed by atoms with Crippen molar-refractivity contribution in [2.45, 2.75) is 23.8 Å². The van der Waals surface area contributed by atoms with Crippen molar-refractivity contribution < 1.29 is 17.2 Å². The average molecular weight is 261 g/mol. The van der Waals surface area contributed by atoms with Gasteiger partial charge < -0.3 is 5.32 Å². The maximum atomic E-state index is 14.0. The second-order valence-corrected chi connectivity index (χ2v) is 6.21. The molecule has 1 aromatic rings. The van der Waals surface area contributed by atoms with E-state index in [0.717, 1.165) is 31.4 Å². The molecule has 0 aliphatic carbocycles. The van der Waals surface area contributed by atoms with Gasteiger partial charge in [0.15, 0.2) is 9.84 Å². The summed E-state index contributed by atoms with van der Waals surface area (Å²) in [5, 5.41) is 3.02. The van der Waals surface area contributed by atoms with Crippen LogP contribution in [0.15, 0.2) is 17.0 Å². The molecule has 0 spiro atoms. The first kappa shape index (κ1) is 12.4. The van der Waals surface area contributed by atoms with Gasteiger partial charge in [-0.1, -0.05) is 0 Å². The van der Waals surface area contributed by atoms with E-state index >= 15 is 0 Å². The van der Waals surface area contributed by atoms with Crippen molar-refractivity contribution >= 4 is 9.84 Å². The van der Waals surface area contributed by atoms with Crippen LogP contribution in [0, 0.1) is 11.6 Å². The van der Waals surface area contributed by atoms with Gasteiger partial charge in [0.2, 0.25) is 0 Å². The number of hydrogen-bond acceptors (Lipinski definition) is 3. The molecular weight excluding hydrogens is 248 g/mol. The molecule has 1 aliphatic heterocycles. The number of benzene rings is 1. The summed E-state index contributed by atoms with van der Waals surface area (Å²) in [5.41, 5.74) is 0.0999. The predicted octanol–water partition coefficient (Wildman–Crippen LogP) is 1.79. The Morgan fingerprint density at radius 1 is 1.35 bits per heavy atom. The number of halogens is 2. The van der Waals surface area contributed by atoms with Gasteiger partial charge in [0.1, 0.15) is 16.5 Å². The molecule has 1 heterocycles. The van der Waals surface area contributed by atoms with Crippen LogP contribution in [-0.4, -0.2) is 21.2 Å². The van der Waals surface area contributed by atoms with Crippen molar-refractivity contribution in [1.82, 2.24) is 5.32 Å². The zero-order valence-electron chi connectivity index (χ0n) is 9.33. The van der Waals surface area contributed by atoms with E-state index in [1.54, 1.807) is 0 Å². The normalized spacial score (nSPS) is 20.8. The van der Waals surface area contributed by atoms with Gasteiger partial charge in [0.25, 0.3) is 0 Å². The van der Waals surface area contributed by atoms with E-state index in [4.69, 9.17) is 0 Å². The predicted molar refractivity (Wildman–Crippen MR) is 59.4 cm³/mol. The number of sulfone groups is 1. The third kappa shape index (κ3) is 2.47. The van der Waals surface area contributed by atoms with E-state index in [-0.39, 0.29) is 11.6 Å². The molecule has 1 unspecified atom stereocenters. The van der Waals surface area contributed by atoms with Crippen LogP contribution >= 0.6 is 0 Å². The molecule has 1 saturated heterocycles. The highest BCUT2D eigenvalue weighted by molar-refractivity contribution is 7.90. The number of hydrogen-bond donors (Lipinski definition) is 1. The zero-order chi connectivity index (χ0) is 12.6. The monoisotopic (exact) mass is 261 g/mol. The van der Waals surface area contributed by atoms with E-state index in [2.05, 4.69) is 5.32 Å². The van der Waals surface area contributed by atoms with Gasteiger partial charge in [0, 0.05) is 17.9 Å². The first-order valence-electron chi connectivity index (χ1n) is 5.32. The molecular formula is C11H13F2NO2S. The zero-order valence-corrected chi connectivity index (χ0v) is 10.2. The summed E-state index contributed by atoms with van der Waals surface area (Å²) >= 11 is 0. The molecule has 0 radical (unpaired) electrons. The molecule has 94 valence electrons. The summed E-state index contributed by atoms with van der Waals surface area (Å²) in [6.07, 6.45) is 2.43. The van der Waals surface area contributed by atoms with Gasteiger partial charge in [-0.05, 0) is 31.5 Å². The Balaban J connectivity index is 2.57. The first-order chi connectivity index (χ1) is 7.89. The van der Waals surface area contributed by atoms with Crippen molar-refractivity contribution in [2.75, 3.05) is 12.8 Å². The third-order valence-corrected chi connectivity index (χ3v) is 3.96.